The molecule has 3 aliphatic heterocycles. The van der Waals surface area contributed by atoms with Crippen LogP contribution in [0.3, 0.4) is 0 Å². The van der Waals surface area contributed by atoms with Crippen LogP contribution in [0.4, 0.5) is 0 Å². The molecule has 0 unspecified atom stereocenters. The molecule has 2 amide bonds. The van der Waals surface area contributed by atoms with E-state index in [1.807, 2.05) is 0 Å². The summed E-state index contributed by atoms with van der Waals surface area (Å²) in [5.74, 6) is -6.92. The van der Waals surface area contributed by atoms with E-state index in [9.17, 15) is 85.6 Å². The Hall–Kier alpha value is -2.64. The van der Waals surface area contributed by atoms with E-state index in [0.29, 0.717) is 0 Å². The van der Waals surface area contributed by atoms with Crippen molar-refractivity contribution in [2.75, 3.05) is 19.8 Å². The lowest BCUT2D eigenvalue weighted by atomic mass is 9.88. The minimum absolute atomic E-state index is 0.0574. The molecule has 0 aromatic rings. The third-order valence-electron chi connectivity index (χ3n) is 9.49. The van der Waals surface area contributed by atoms with Crippen LogP contribution < -0.4 is 10.6 Å². The molecule has 3 fully saturated rings. The molecule has 0 aromatic carbocycles. The van der Waals surface area contributed by atoms with Gasteiger partial charge in [0.05, 0.1) is 38.1 Å². The second-order valence-corrected chi connectivity index (χ2v) is 13.7. The summed E-state index contributed by atoms with van der Waals surface area (Å²) >= 11 is 0. The molecular formula is C31H52N2O23. The van der Waals surface area contributed by atoms with Gasteiger partial charge in [0.2, 0.25) is 11.8 Å². The fourth-order valence-corrected chi connectivity index (χ4v) is 6.49. The Morgan fingerprint density at radius 1 is 0.821 bits per heavy atom. The van der Waals surface area contributed by atoms with Crippen molar-refractivity contribution >= 4 is 24.1 Å². The van der Waals surface area contributed by atoms with Gasteiger partial charge in [-0.25, -0.2) is 4.79 Å². The number of aliphatic hydroxyl groups excluding tert-OH is 12. The predicted molar refractivity (Wildman–Crippen MR) is 174 cm³/mol. The Morgan fingerprint density at radius 3 is 1.93 bits per heavy atom. The number of carboxylic acids is 1. The molecule has 0 aliphatic carbocycles. The fraction of sp³-hybridized carbons (Fsp3) is 0.871. The van der Waals surface area contributed by atoms with Crippen LogP contribution in [0, 0.1) is 0 Å². The molecule has 3 saturated heterocycles. The quantitative estimate of drug-likeness (QED) is 0.0571. The van der Waals surface area contributed by atoms with Gasteiger partial charge in [0.15, 0.2) is 12.6 Å². The number of aldehydes is 1. The van der Waals surface area contributed by atoms with Gasteiger partial charge < -0.3 is 110 Å². The zero-order valence-corrected chi connectivity index (χ0v) is 30.3. The van der Waals surface area contributed by atoms with Gasteiger partial charge in [-0.2, -0.15) is 0 Å². The van der Waals surface area contributed by atoms with E-state index in [1.54, 1.807) is 0 Å². The maximum atomic E-state index is 12.8. The Balaban J connectivity index is 2.07. The molecule has 0 bridgehead atoms. The number of carbonyl (C=O) groups is 4. The number of rotatable bonds is 18. The van der Waals surface area contributed by atoms with Crippen molar-refractivity contribution in [2.45, 2.75) is 149 Å². The first kappa shape index (κ1) is 47.7. The number of nitrogens with one attached hydrogen (secondary N) is 2. The SMILES string of the molecule is CC(=O)N[C@H]1[C@H]([C@H](O)[C@H](O)CO)O[C@](O[C@H]2[C@@H](O)[C@@H](CO)O[C@@H](O[C@@H]([C@H](O[C@@H]3O[C@@H](C)[C@@H](O)[C@@H](O)[C@@H]3O)[C@H](O)CO)[C@H](C=O)NC(C)=O)[C@@H]2O)(C(=O)O)C[C@@H]1O. The zero-order chi connectivity index (χ0) is 42.4. The van der Waals surface area contributed by atoms with Crippen molar-refractivity contribution in [3.8, 4) is 0 Å². The monoisotopic (exact) mass is 820 g/mol. The minimum Gasteiger partial charge on any atom is -0.477 e. The molecular weight excluding hydrogens is 768 g/mol. The summed E-state index contributed by atoms with van der Waals surface area (Å²) in [6.45, 7) is -0.160. The zero-order valence-electron chi connectivity index (χ0n) is 30.3. The van der Waals surface area contributed by atoms with Gasteiger partial charge in [-0.3, -0.25) is 9.59 Å². The molecule has 0 spiro atoms. The Bertz CT molecular complexity index is 1320. The van der Waals surface area contributed by atoms with E-state index >= 15 is 0 Å². The van der Waals surface area contributed by atoms with Gasteiger partial charge >= 0.3 is 5.97 Å². The van der Waals surface area contributed by atoms with Gasteiger partial charge in [0, 0.05) is 20.3 Å². The Morgan fingerprint density at radius 2 is 1.41 bits per heavy atom. The lowest BCUT2D eigenvalue weighted by molar-refractivity contribution is -0.379. The highest BCUT2D eigenvalue weighted by Gasteiger charge is 2.60. The summed E-state index contributed by atoms with van der Waals surface area (Å²) in [6, 6.07) is -3.52. The van der Waals surface area contributed by atoms with Crippen LogP contribution in [0.25, 0.3) is 0 Å². The van der Waals surface area contributed by atoms with E-state index in [-0.39, 0.29) is 6.29 Å². The summed E-state index contributed by atoms with van der Waals surface area (Å²) < 4.78 is 33.6. The number of carbonyl (C=O) groups excluding carboxylic acids is 3. The molecule has 3 rings (SSSR count). The summed E-state index contributed by atoms with van der Waals surface area (Å²) in [7, 11) is 0. The predicted octanol–water partition coefficient (Wildman–Crippen LogP) is -9.39. The molecule has 15 N–H and O–H groups in total. The number of amides is 2. The number of hydrogen-bond acceptors (Lipinski definition) is 22. The van der Waals surface area contributed by atoms with Crippen molar-refractivity contribution in [2.24, 2.45) is 0 Å². The molecule has 0 aromatic heterocycles. The lowest BCUT2D eigenvalue weighted by Gasteiger charge is -2.50. The van der Waals surface area contributed by atoms with E-state index in [4.69, 9.17) is 28.4 Å². The normalized spacial score (nSPS) is 39.7. The Kier molecular flexibility index (Phi) is 17.4. The third kappa shape index (κ3) is 10.7. The highest BCUT2D eigenvalue weighted by Crippen LogP contribution is 2.38. The van der Waals surface area contributed by atoms with Crippen molar-refractivity contribution < 1.29 is 114 Å². The standard InChI is InChI=1S/C31H52N2O23/c1-9-18(43)21(46)22(47)28(51-9)54-25(15(42)7-36)24(12(5-34)32-10(2)38)53-29-23(48)27(20(45)16(8-37)52-29)56-31(30(49)50)4-13(40)17(33-11(3)39)26(55-31)19(44)14(41)6-35/h5,9,12-29,35-37,40-48H,4,6-8H2,1-3H3,(H,32,38)(H,33,39)(H,49,50)/t9-,12-,13-,14+,15+,16+,17+,18+,19+,20-,21+,22-,23+,24+,25+,26+,27-,28-,29-,31+/m0/s1. The first-order valence-electron chi connectivity index (χ1n) is 17.3. The number of aliphatic carboxylic acids is 1. The Labute approximate surface area is 317 Å². The molecule has 3 heterocycles. The summed E-state index contributed by atoms with van der Waals surface area (Å²) in [6.07, 6.45) is -35.3. The van der Waals surface area contributed by atoms with Gasteiger partial charge in [0.25, 0.3) is 5.79 Å². The van der Waals surface area contributed by atoms with Crippen LogP contribution >= 0.6 is 0 Å². The molecule has 0 radical (unpaired) electrons. The van der Waals surface area contributed by atoms with Gasteiger partial charge in [-0.15, -0.1) is 0 Å². The number of aliphatic hydroxyl groups is 12. The first-order chi connectivity index (χ1) is 26.2. The van der Waals surface area contributed by atoms with Crippen LogP contribution in [0.15, 0.2) is 0 Å². The average molecular weight is 821 g/mol. The van der Waals surface area contributed by atoms with Crippen LogP contribution in [0.1, 0.15) is 27.2 Å². The largest absolute Gasteiger partial charge is 0.477 e. The van der Waals surface area contributed by atoms with Crippen LogP contribution in [-0.4, -0.2) is 232 Å². The van der Waals surface area contributed by atoms with Crippen molar-refractivity contribution in [3.63, 3.8) is 0 Å². The van der Waals surface area contributed by atoms with Gasteiger partial charge in [-0.05, 0) is 6.92 Å². The van der Waals surface area contributed by atoms with Crippen LogP contribution in [0.2, 0.25) is 0 Å². The second kappa shape index (κ2) is 20.4. The summed E-state index contributed by atoms with van der Waals surface area (Å²) in [5, 5.41) is 141. The summed E-state index contributed by atoms with van der Waals surface area (Å²) in [5.41, 5.74) is 0. The average Bonchev–Trinajstić information content (AvgIpc) is 3.15. The van der Waals surface area contributed by atoms with Gasteiger partial charge in [0.1, 0.15) is 91.7 Å². The molecule has 20 atom stereocenters. The van der Waals surface area contributed by atoms with Crippen molar-refractivity contribution in [1.82, 2.24) is 10.6 Å². The molecule has 25 nitrogen and oxygen atoms in total. The van der Waals surface area contributed by atoms with Gasteiger partial charge in [-0.1, -0.05) is 0 Å². The maximum Gasteiger partial charge on any atom is 0.364 e. The maximum absolute atomic E-state index is 12.8. The first-order valence-corrected chi connectivity index (χ1v) is 17.3. The van der Waals surface area contributed by atoms with E-state index in [2.05, 4.69) is 10.6 Å². The minimum atomic E-state index is -3.17. The van der Waals surface area contributed by atoms with E-state index in [1.165, 1.54) is 6.92 Å². The number of ether oxygens (including phenoxy) is 6. The highest BCUT2D eigenvalue weighted by atomic mass is 16.8. The van der Waals surface area contributed by atoms with Crippen LogP contribution in [-0.2, 0) is 47.6 Å². The topological polar surface area (TPSA) is 411 Å². The third-order valence-corrected chi connectivity index (χ3v) is 9.49. The number of hydrogen-bond donors (Lipinski definition) is 15. The number of carboxylic acid groups (broad SMARTS) is 1. The molecule has 0 saturated carbocycles. The van der Waals surface area contributed by atoms with Crippen LogP contribution in [0.5, 0.6) is 0 Å². The second-order valence-electron chi connectivity index (χ2n) is 13.7. The molecule has 25 heteroatoms. The lowest BCUT2D eigenvalue weighted by Crippen LogP contribution is -2.70. The molecule has 3 aliphatic rings. The fourth-order valence-electron chi connectivity index (χ4n) is 6.49. The van der Waals surface area contributed by atoms with E-state index in [0.717, 1.165) is 13.8 Å². The molecule has 56 heavy (non-hydrogen) atoms. The van der Waals surface area contributed by atoms with E-state index < -0.39 is 166 Å². The summed E-state index contributed by atoms with van der Waals surface area (Å²) in [4.78, 5) is 49.2. The smallest absolute Gasteiger partial charge is 0.364 e. The highest BCUT2D eigenvalue weighted by molar-refractivity contribution is 5.78. The van der Waals surface area contributed by atoms with Crippen molar-refractivity contribution in [1.29, 1.82) is 0 Å². The van der Waals surface area contributed by atoms with Crippen molar-refractivity contribution in [3.05, 3.63) is 0 Å². The molecule has 324 valence electrons.